The minimum atomic E-state index is -0.899. The van der Waals surface area contributed by atoms with Crippen LogP contribution in [0.25, 0.3) is 0 Å². The molecule has 5 N–H and O–H groups in total. The third-order valence-corrected chi connectivity index (χ3v) is 1.77. The van der Waals surface area contributed by atoms with E-state index in [1.807, 2.05) is 11.4 Å². The van der Waals surface area contributed by atoms with Crippen molar-refractivity contribution < 1.29 is 14.3 Å². The first-order valence-electron chi connectivity index (χ1n) is 4.63. The minimum Gasteiger partial charge on any atom is -0.484 e. The van der Waals surface area contributed by atoms with Crippen LogP contribution in [0.2, 0.25) is 0 Å². The summed E-state index contributed by atoms with van der Waals surface area (Å²) in [6, 6.07) is 6.12. The summed E-state index contributed by atoms with van der Waals surface area (Å²) in [5.74, 6) is -0.0757. The molecule has 6 nitrogen and oxygen atoms in total. The number of nitrogens with one attached hydrogen (secondary N) is 1. The number of benzene rings is 1. The summed E-state index contributed by atoms with van der Waals surface area (Å²) < 4.78 is 5.14. The van der Waals surface area contributed by atoms with Crippen molar-refractivity contribution in [3.8, 4) is 5.75 Å². The van der Waals surface area contributed by atoms with Gasteiger partial charge in [-0.3, -0.25) is 10.1 Å². The number of hydrogen-bond donors (Lipinski definition) is 3. The van der Waals surface area contributed by atoms with Crippen molar-refractivity contribution in [2.45, 2.75) is 6.54 Å². The summed E-state index contributed by atoms with van der Waals surface area (Å²) in [6.07, 6.45) is 0. The fourth-order valence-corrected chi connectivity index (χ4v) is 1.08. The fraction of sp³-hybridized carbons (Fsp3) is 0.200. The van der Waals surface area contributed by atoms with Crippen molar-refractivity contribution in [3.05, 3.63) is 29.8 Å². The molecule has 0 saturated carbocycles. The molecule has 6 heteroatoms. The maximum Gasteiger partial charge on any atom is 0.318 e. The number of carbonyl (C=O) groups is 2. The Morgan fingerprint density at radius 1 is 1.38 bits per heavy atom. The van der Waals surface area contributed by atoms with Gasteiger partial charge in [-0.25, -0.2) is 4.79 Å². The molecule has 0 spiro atoms. The van der Waals surface area contributed by atoms with E-state index in [4.69, 9.17) is 16.2 Å². The summed E-state index contributed by atoms with van der Waals surface area (Å²) in [6.45, 7) is 0.127. The van der Waals surface area contributed by atoms with Gasteiger partial charge >= 0.3 is 6.03 Å². The van der Waals surface area contributed by atoms with Crippen molar-refractivity contribution in [2.24, 2.45) is 11.5 Å². The number of urea groups is 1. The standard InChI is InChI=1S/C10H13N3O3/c11-5-7-2-1-3-8(4-7)16-6-9(14)13-10(12)15/h1-4H,5-6,11H2,(H3,12,13,14,15). The third kappa shape index (κ3) is 3.97. The second kappa shape index (κ2) is 5.72. The van der Waals surface area contributed by atoms with Crippen molar-refractivity contribution in [1.82, 2.24) is 5.32 Å². The van der Waals surface area contributed by atoms with Crippen LogP contribution in [0.1, 0.15) is 5.56 Å². The highest BCUT2D eigenvalue weighted by molar-refractivity contribution is 5.94. The van der Waals surface area contributed by atoms with E-state index in [0.717, 1.165) is 5.56 Å². The first-order valence-corrected chi connectivity index (χ1v) is 4.63. The molecule has 0 unspecified atom stereocenters. The highest BCUT2D eigenvalue weighted by Crippen LogP contribution is 2.12. The number of primary amides is 1. The monoisotopic (exact) mass is 223 g/mol. The quantitative estimate of drug-likeness (QED) is 0.652. The Balaban J connectivity index is 2.47. The van der Waals surface area contributed by atoms with Gasteiger partial charge in [0.1, 0.15) is 5.75 Å². The van der Waals surface area contributed by atoms with E-state index in [0.29, 0.717) is 12.3 Å². The lowest BCUT2D eigenvalue weighted by molar-refractivity contribution is -0.121. The first kappa shape index (κ1) is 12.0. The Hall–Kier alpha value is -2.08. The zero-order chi connectivity index (χ0) is 12.0. The predicted molar refractivity (Wildman–Crippen MR) is 57.6 cm³/mol. The second-order valence-electron chi connectivity index (χ2n) is 3.05. The van der Waals surface area contributed by atoms with E-state index in [1.54, 1.807) is 18.2 Å². The van der Waals surface area contributed by atoms with Gasteiger partial charge in [0, 0.05) is 6.54 Å². The Morgan fingerprint density at radius 3 is 2.75 bits per heavy atom. The molecule has 0 aliphatic rings. The fourth-order valence-electron chi connectivity index (χ4n) is 1.08. The number of imide groups is 1. The Morgan fingerprint density at radius 2 is 2.12 bits per heavy atom. The molecule has 0 aliphatic heterocycles. The smallest absolute Gasteiger partial charge is 0.318 e. The van der Waals surface area contributed by atoms with Gasteiger partial charge in [-0.1, -0.05) is 12.1 Å². The van der Waals surface area contributed by atoms with Gasteiger partial charge < -0.3 is 16.2 Å². The van der Waals surface area contributed by atoms with Gasteiger partial charge in [0.2, 0.25) is 0 Å². The van der Waals surface area contributed by atoms with Crippen LogP contribution >= 0.6 is 0 Å². The van der Waals surface area contributed by atoms with E-state index in [-0.39, 0.29) is 6.61 Å². The zero-order valence-corrected chi connectivity index (χ0v) is 8.60. The van der Waals surface area contributed by atoms with Crippen LogP contribution in [-0.2, 0) is 11.3 Å². The molecule has 86 valence electrons. The van der Waals surface area contributed by atoms with Crippen molar-refractivity contribution >= 4 is 11.9 Å². The van der Waals surface area contributed by atoms with E-state index in [9.17, 15) is 9.59 Å². The molecule has 0 radical (unpaired) electrons. The van der Waals surface area contributed by atoms with E-state index in [2.05, 4.69) is 0 Å². The van der Waals surface area contributed by atoms with Gasteiger partial charge in [-0.05, 0) is 17.7 Å². The number of ether oxygens (including phenoxy) is 1. The van der Waals surface area contributed by atoms with Crippen LogP contribution in [0.3, 0.4) is 0 Å². The lowest BCUT2D eigenvalue weighted by atomic mass is 10.2. The lowest BCUT2D eigenvalue weighted by Crippen LogP contribution is -2.38. The van der Waals surface area contributed by atoms with E-state index in [1.165, 1.54) is 0 Å². The molecule has 3 amide bonds. The minimum absolute atomic E-state index is 0.267. The summed E-state index contributed by atoms with van der Waals surface area (Å²) >= 11 is 0. The highest BCUT2D eigenvalue weighted by atomic mass is 16.5. The molecular weight excluding hydrogens is 210 g/mol. The maximum absolute atomic E-state index is 11.0. The molecule has 0 fully saturated rings. The van der Waals surface area contributed by atoms with Crippen LogP contribution in [0, 0.1) is 0 Å². The number of hydrogen-bond acceptors (Lipinski definition) is 4. The maximum atomic E-state index is 11.0. The average Bonchev–Trinajstić information content (AvgIpc) is 2.26. The van der Waals surface area contributed by atoms with Crippen LogP contribution < -0.4 is 21.5 Å². The van der Waals surface area contributed by atoms with Crippen molar-refractivity contribution in [1.29, 1.82) is 0 Å². The highest BCUT2D eigenvalue weighted by Gasteiger charge is 2.04. The Kier molecular flexibility index (Phi) is 4.28. The molecule has 16 heavy (non-hydrogen) atoms. The molecule has 0 heterocycles. The molecule has 0 aromatic heterocycles. The second-order valence-corrected chi connectivity index (χ2v) is 3.05. The summed E-state index contributed by atoms with van der Waals surface area (Å²) in [5.41, 5.74) is 11.1. The largest absolute Gasteiger partial charge is 0.484 e. The SMILES string of the molecule is NCc1cccc(OCC(=O)NC(N)=O)c1. The van der Waals surface area contributed by atoms with Crippen molar-refractivity contribution in [2.75, 3.05) is 6.61 Å². The Labute approximate surface area is 92.6 Å². The number of rotatable bonds is 4. The zero-order valence-electron chi connectivity index (χ0n) is 8.60. The van der Waals surface area contributed by atoms with Crippen LogP contribution in [0.5, 0.6) is 5.75 Å². The van der Waals surface area contributed by atoms with Crippen molar-refractivity contribution in [3.63, 3.8) is 0 Å². The van der Waals surface area contributed by atoms with Gasteiger partial charge in [0.05, 0.1) is 0 Å². The van der Waals surface area contributed by atoms with Crippen LogP contribution in [0.15, 0.2) is 24.3 Å². The van der Waals surface area contributed by atoms with Gasteiger partial charge in [0.25, 0.3) is 5.91 Å². The number of amides is 3. The lowest BCUT2D eigenvalue weighted by Gasteiger charge is -2.06. The number of nitrogens with two attached hydrogens (primary N) is 2. The molecule has 0 saturated heterocycles. The summed E-state index contributed by atoms with van der Waals surface area (Å²) in [7, 11) is 0. The summed E-state index contributed by atoms with van der Waals surface area (Å²) in [5, 5.41) is 1.89. The normalized spacial score (nSPS) is 9.56. The molecule has 0 bridgehead atoms. The molecule has 1 aromatic rings. The molecule has 0 atom stereocenters. The predicted octanol–water partition coefficient (Wildman–Crippen LogP) is -0.281. The molecule has 1 rings (SSSR count). The third-order valence-electron chi connectivity index (χ3n) is 1.77. The van der Waals surface area contributed by atoms with Crippen LogP contribution in [0.4, 0.5) is 4.79 Å². The molecule has 0 aliphatic carbocycles. The van der Waals surface area contributed by atoms with Gasteiger partial charge in [0.15, 0.2) is 6.61 Å². The Bertz CT molecular complexity index is 393. The van der Waals surface area contributed by atoms with E-state index >= 15 is 0 Å². The molecular formula is C10H13N3O3. The van der Waals surface area contributed by atoms with Gasteiger partial charge in [-0.2, -0.15) is 0 Å². The van der Waals surface area contributed by atoms with E-state index < -0.39 is 11.9 Å². The van der Waals surface area contributed by atoms with Gasteiger partial charge in [-0.15, -0.1) is 0 Å². The average molecular weight is 223 g/mol. The summed E-state index contributed by atoms with van der Waals surface area (Å²) in [4.78, 5) is 21.4. The number of carbonyl (C=O) groups excluding carboxylic acids is 2. The molecule has 1 aromatic carbocycles. The topological polar surface area (TPSA) is 107 Å². The van der Waals surface area contributed by atoms with Crippen LogP contribution in [-0.4, -0.2) is 18.5 Å². The first-order chi connectivity index (χ1) is 7.61.